The van der Waals surface area contributed by atoms with Crippen LogP contribution in [-0.2, 0) is 11.3 Å². The van der Waals surface area contributed by atoms with Crippen LogP contribution in [0.3, 0.4) is 0 Å². The van der Waals surface area contributed by atoms with Gasteiger partial charge in [0.15, 0.2) is 0 Å². The van der Waals surface area contributed by atoms with Gasteiger partial charge in [0.2, 0.25) is 0 Å². The number of hydrogen-bond acceptors (Lipinski definition) is 4. The number of ether oxygens (including phenoxy) is 1. The summed E-state index contributed by atoms with van der Waals surface area (Å²) in [7, 11) is 1.65. The average molecular weight is 371 g/mol. The number of fused-ring (bicyclic) bond motifs is 1. The van der Waals surface area contributed by atoms with E-state index in [0.717, 1.165) is 23.1 Å². The number of nitrogens with one attached hydrogen (secondary N) is 1. The summed E-state index contributed by atoms with van der Waals surface area (Å²) in [5.74, 6) is 0.686. The first kappa shape index (κ1) is 19.1. The lowest BCUT2D eigenvalue weighted by Gasteiger charge is -2.15. The molecule has 0 aliphatic heterocycles. The van der Waals surface area contributed by atoms with Crippen molar-refractivity contribution in [3.8, 4) is 0 Å². The predicted molar refractivity (Wildman–Crippen MR) is 100 cm³/mol. The number of hydrogen-bond donors (Lipinski definition) is 2. The quantitative estimate of drug-likeness (QED) is 0.712. The highest BCUT2D eigenvalue weighted by Gasteiger charge is 2.18. The lowest BCUT2D eigenvalue weighted by molar-refractivity contribution is 0.0916. The second-order valence-corrected chi connectivity index (χ2v) is 6.95. The summed E-state index contributed by atoms with van der Waals surface area (Å²) in [5.41, 5.74) is 1.50. The highest BCUT2D eigenvalue weighted by Crippen LogP contribution is 2.25. The van der Waals surface area contributed by atoms with E-state index in [9.17, 15) is 9.90 Å². The van der Waals surface area contributed by atoms with Crippen LogP contribution in [0.5, 0.6) is 0 Å². The molecular weight excluding hydrogens is 348 g/mol. The van der Waals surface area contributed by atoms with Crippen molar-refractivity contribution < 1.29 is 14.6 Å². The lowest BCUT2D eigenvalue weighted by atomic mass is 10.1. The second-order valence-electron chi connectivity index (χ2n) is 5.52. The maximum Gasteiger partial charge on any atom is 0.253 e. The Hall–Kier alpha value is -1.21. The Bertz CT molecular complexity index is 690. The van der Waals surface area contributed by atoms with Gasteiger partial charge in [0.05, 0.1) is 24.8 Å². The minimum absolute atomic E-state index is 0.0740. The fraction of sp³-hybridized carbons (Fsp3) is 0.471. The van der Waals surface area contributed by atoms with Gasteiger partial charge in [-0.25, -0.2) is 0 Å². The number of carbonyl (C=O) groups is 1. The molecule has 0 aliphatic rings. The highest BCUT2D eigenvalue weighted by atomic mass is 35.5. The van der Waals surface area contributed by atoms with Crippen LogP contribution >= 0.6 is 23.4 Å². The Labute approximate surface area is 151 Å². The van der Waals surface area contributed by atoms with Crippen molar-refractivity contribution in [3.63, 3.8) is 0 Å². The SMILES string of the molecule is COCCn1cc(C(=O)N[C@@H](CO)CCSC)c2cc(Cl)ccc21. The fourth-order valence-electron chi connectivity index (χ4n) is 2.56. The summed E-state index contributed by atoms with van der Waals surface area (Å²) in [5, 5.41) is 13.8. The molecule has 1 heterocycles. The second kappa shape index (κ2) is 9.32. The molecule has 7 heteroatoms. The highest BCUT2D eigenvalue weighted by molar-refractivity contribution is 7.98. The van der Waals surface area contributed by atoms with Crippen molar-refractivity contribution in [2.45, 2.75) is 19.0 Å². The molecule has 1 atom stereocenters. The molecule has 0 radical (unpaired) electrons. The zero-order valence-electron chi connectivity index (χ0n) is 13.9. The molecule has 0 bridgehead atoms. The first-order valence-electron chi connectivity index (χ1n) is 7.78. The van der Waals surface area contributed by atoms with Crippen LogP contribution in [0.4, 0.5) is 0 Å². The number of aliphatic hydroxyl groups excluding tert-OH is 1. The molecular formula is C17H23ClN2O3S. The van der Waals surface area contributed by atoms with Gasteiger partial charge in [0, 0.05) is 35.8 Å². The van der Waals surface area contributed by atoms with Crippen LogP contribution in [0.25, 0.3) is 10.9 Å². The van der Waals surface area contributed by atoms with Crippen LogP contribution in [0, 0.1) is 0 Å². The van der Waals surface area contributed by atoms with Crippen LogP contribution in [0.15, 0.2) is 24.4 Å². The number of aliphatic hydroxyl groups is 1. The average Bonchev–Trinajstić information content (AvgIpc) is 2.94. The Kier molecular flexibility index (Phi) is 7.42. The van der Waals surface area contributed by atoms with Crippen LogP contribution < -0.4 is 5.32 Å². The minimum Gasteiger partial charge on any atom is -0.394 e. The van der Waals surface area contributed by atoms with Crippen molar-refractivity contribution >= 4 is 40.2 Å². The largest absolute Gasteiger partial charge is 0.394 e. The van der Waals surface area contributed by atoms with Gasteiger partial charge in [-0.15, -0.1) is 0 Å². The molecule has 1 amide bonds. The molecule has 2 rings (SSSR count). The molecule has 2 aromatic rings. The molecule has 5 nitrogen and oxygen atoms in total. The number of carbonyl (C=O) groups excluding carboxylic acids is 1. The van der Waals surface area contributed by atoms with Gasteiger partial charge in [-0.3, -0.25) is 4.79 Å². The Morgan fingerprint density at radius 1 is 1.50 bits per heavy atom. The Balaban J connectivity index is 2.29. The van der Waals surface area contributed by atoms with Crippen molar-refractivity contribution in [2.75, 3.05) is 32.3 Å². The summed E-state index contributed by atoms with van der Waals surface area (Å²) < 4.78 is 7.12. The Morgan fingerprint density at radius 3 is 2.96 bits per heavy atom. The lowest BCUT2D eigenvalue weighted by Crippen LogP contribution is -2.37. The fourth-order valence-corrected chi connectivity index (χ4v) is 3.25. The van der Waals surface area contributed by atoms with Crippen molar-refractivity contribution in [1.29, 1.82) is 0 Å². The van der Waals surface area contributed by atoms with E-state index in [1.54, 1.807) is 24.9 Å². The third-order valence-electron chi connectivity index (χ3n) is 3.85. The standard InChI is InChI=1S/C17H23ClN2O3S/c1-23-7-6-20-10-15(14-9-12(18)3-4-16(14)20)17(22)19-13(11-21)5-8-24-2/h3-4,9-10,13,21H,5-8,11H2,1-2H3,(H,19,22)/t13-/m1/s1. The number of aromatic nitrogens is 1. The van der Waals surface area contributed by atoms with Gasteiger partial charge < -0.3 is 19.7 Å². The van der Waals surface area contributed by atoms with Gasteiger partial charge in [0.1, 0.15) is 0 Å². The molecule has 0 unspecified atom stereocenters. The predicted octanol–water partition coefficient (Wildman–Crippen LogP) is 2.78. The summed E-state index contributed by atoms with van der Waals surface area (Å²) in [6, 6.07) is 5.26. The third-order valence-corrected chi connectivity index (χ3v) is 4.73. The summed E-state index contributed by atoms with van der Waals surface area (Å²) in [4.78, 5) is 12.7. The van der Waals surface area contributed by atoms with Crippen molar-refractivity contribution in [2.24, 2.45) is 0 Å². The van der Waals surface area contributed by atoms with Crippen molar-refractivity contribution in [1.82, 2.24) is 9.88 Å². The van der Waals surface area contributed by atoms with E-state index in [2.05, 4.69) is 5.32 Å². The number of methoxy groups -OCH3 is 1. The number of amides is 1. The maximum absolute atomic E-state index is 12.7. The molecule has 0 fully saturated rings. The molecule has 1 aromatic heterocycles. The van der Waals surface area contributed by atoms with E-state index in [1.165, 1.54) is 0 Å². The van der Waals surface area contributed by atoms with Gasteiger partial charge in [-0.1, -0.05) is 11.6 Å². The van der Waals surface area contributed by atoms with E-state index < -0.39 is 0 Å². The van der Waals surface area contributed by atoms with Crippen molar-refractivity contribution in [3.05, 3.63) is 35.0 Å². The zero-order chi connectivity index (χ0) is 17.5. The van der Waals surface area contributed by atoms with Gasteiger partial charge in [-0.2, -0.15) is 11.8 Å². The monoisotopic (exact) mass is 370 g/mol. The van der Waals surface area contributed by atoms with Gasteiger partial charge >= 0.3 is 0 Å². The van der Waals surface area contributed by atoms with Crippen LogP contribution in [0.1, 0.15) is 16.8 Å². The summed E-state index contributed by atoms with van der Waals surface area (Å²) in [6.45, 7) is 1.13. The maximum atomic E-state index is 12.7. The van der Waals surface area contributed by atoms with Gasteiger partial charge in [0.25, 0.3) is 5.91 Å². The van der Waals surface area contributed by atoms with E-state index in [0.29, 0.717) is 23.7 Å². The van der Waals surface area contributed by atoms with Crippen LogP contribution in [-0.4, -0.2) is 54.0 Å². The normalized spacial score (nSPS) is 12.5. The smallest absolute Gasteiger partial charge is 0.253 e. The van der Waals surface area contributed by atoms with E-state index in [-0.39, 0.29) is 18.6 Å². The van der Waals surface area contributed by atoms with E-state index in [4.69, 9.17) is 16.3 Å². The third kappa shape index (κ3) is 4.66. The molecule has 24 heavy (non-hydrogen) atoms. The summed E-state index contributed by atoms with van der Waals surface area (Å²) >= 11 is 7.79. The minimum atomic E-state index is -0.249. The zero-order valence-corrected chi connectivity index (χ0v) is 15.5. The first-order chi connectivity index (χ1) is 11.6. The number of rotatable bonds is 9. The molecule has 0 saturated heterocycles. The van der Waals surface area contributed by atoms with E-state index in [1.807, 2.05) is 29.2 Å². The summed E-state index contributed by atoms with van der Waals surface area (Å²) in [6.07, 6.45) is 4.55. The molecule has 0 saturated carbocycles. The topological polar surface area (TPSA) is 63.5 Å². The number of benzene rings is 1. The molecule has 132 valence electrons. The molecule has 2 N–H and O–H groups in total. The van der Waals surface area contributed by atoms with Crippen LogP contribution in [0.2, 0.25) is 5.02 Å². The molecule has 0 aliphatic carbocycles. The van der Waals surface area contributed by atoms with Gasteiger partial charge in [-0.05, 0) is 36.6 Å². The molecule has 1 aromatic carbocycles. The van der Waals surface area contributed by atoms with E-state index >= 15 is 0 Å². The first-order valence-corrected chi connectivity index (χ1v) is 9.55. The number of halogens is 1. The number of nitrogens with zero attached hydrogens (tertiary/aromatic N) is 1. The number of thioether (sulfide) groups is 1. The Morgan fingerprint density at radius 2 is 2.29 bits per heavy atom. The molecule has 0 spiro atoms.